The molecule has 1 aromatic heterocycles. The standard InChI is InChI=1S/C16H20Cl2N2/c1-2-9-20-10-3-4-15(20)12-19-8-7-13-5-6-14(17)11-16(13)18/h3-6,10-11,19H,2,7-9,12H2,1H3. The van der Waals surface area contributed by atoms with Gasteiger partial charge in [-0.1, -0.05) is 36.2 Å². The van der Waals surface area contributed by atoms with E-state index >= 15 is 0 Å². The van der Waals surface area contributed by atoms with E-state index in [2.05, 4.69) is 35.1 Å². The van der Waals surface area contributed by atoms with Crippen LogP contribution in [0.3, 0.4) is 0 Å². The van der Waals surface area contributed by atoms with Gasteiger partial charge in [-0.25, -0.2) is 0 Å². The topological polar surface area (TPSA) is 17.0 Å². The van der Waals surface area contributed by atoms with Gasteiger partial charge in [-0.3, -0.25) is 0 Å². The third-order valence-electron chi connectivity index (χ3n) is 3.28. The molecule has 1 aromatic carbocycles. The van der Waals surface area contributed by atoms with Crippen LogP contribution in [-0.4, -0.2) is 11.1 Å². The zero-order chi connectivity index (χ0) is 14.4. The van der Waals surface area contributed by atoms with Crippen molar-refractivity contribution in [1.29, 1.82) is 0 Å². The summed E-state index contributed by atoms with van der Waals surface area (Å²) in [5.74, 6) is 0. The molecule has 0 aliphatic rings. The lowest BCUT2D eigenvalue weighted by Crippen LogP contribution is -2.19. The van der Waals surface area contributed by atoms with E-state index in [0.717, 1.165) is 43.1 Å². The SMILES string of the molecule is CCCn1cccc1CNCCc1ccc(Cl)cc1Cl. The van der Waals surface area contributed by atoms with Crippen molar-refractivity contribution in [2.75, 3.05) is 6.54 Å². The van der Waals surface area contributed by atoms with Gasteiger partial charge in [-0.05, 0) is 49.2 Å². The summed E-state index contributed by atoms with van der Waals surface area (Å²) >= 11 is 12.0. The number of halogens is 2. The van der Waals surface area contributed by atoms with Crippen molar-refractivity contribution in [2.24, 2.45) is 0 Å². The second-order valence-electron chi connectivity index (χ2n) is 4.86. The molecule has 0 radical (unpaired) electrons. The van der Waals surface area contributed by atoms with Crippen molar-refractivity contribution in [3.05, 3.63) is 57.8 Å². The van der Waals surface area contributed by atoms with Gasteiger partial charge in [0.25, 0.3) is 0 Å². The predicted octanol–water partition coefficient (Wildman–Crippen LogP) is 4.54. The number of benzene rings is 1. The minimum atomic E-state index is 0.684. The normalized spacial score (nSPS) is 10.9. The fourth-order valence-electron chi connectivity index (χ4n) is 2.23. The number of aromatic nitrogens is 1. The Bertz CT molecular complexity index is 549. The van der Waals surface area contributed by atoms with Gasteiger partial charge in [0, 0.05) is 35.0 Å². The Morgan fingerprint density at radius 2 is 2.05 bits per heavy atom. The number of hydrogen-bond acceptors (Lipinski definition) is 1. The Kier molecular flexibility index (Phi) is 5.96. The van der Waals surface area contributed by atoms with Crippen molar-refractivity contribution in [2.45, 2.75) is 32.9 Å². The molecule has 0 aliphatic carbocycles. The first kappa shape index (κ1) is 15.4. The molecule has 4 heteroatoms. The summed E-state index contributed by atoms with van der Waals surface area (Å²) in [6.07, 6.45) is 4.20. The molecule has 0 spiro atoms. The summed E-state index contributed by atoms with van der Waals surface area (Å²) in [5.41, 5.74) is 2.46. The molecule has 0 bridgehead atoms. The summed E-state index contributed by atoms with van der Waals surface area (Å²) in [4.78, 5) is 0. The van der Waals surface area contributed by atoms with E-state index in [1.165, 1.54) is 5.69 Å². The maximum atomic E-state index is 6.16. The number of nitrogens with one attached hydrogen (secondary N) is 1. The Labute approximate surface area is 130 Å². The Morgan fingerprint density at radius 3 is 2.80 bits per heavy atom. The molecule has 2 rings (SSSR count). The van der Waals surface area contributed by atoms with Crippen molar-refractivity contribution in [1.82, 2.24) is 9.88 Å². The lowest BCUT2D eigenvalue weighted by Gasteiger charge is -2.10. The summed E-state index contributed by atoms with van der Waals surface area (Å²) in [5, 5.41) is 4.89. The van der Waals surface area contributed by atoms with Crippen molar-refractivity contribution in [3.63, 3.8) is 0 Å². The third-order valence-corrected chi connectivity index (χ3v) is 3.87. The molecule has 0 atom stereocenters. The molecule has 0 aliphatic heterocycles. The van der Waals surface area contributed by atoms with E-state index < -0.39 is 0 Å². The highest BCUT2D eigenvalue weighted by molar-refractivity contribution is 6.35. The lowest BCUT2D eigenvalue weighted by atomic mass is 10.1. The first-order chi connectivity index (χ1) is 9.70. The molecule has 0 saturated carbocycles. The van der Waals surface area contributed by atoms with Crippen LogP contribution in [0.4, 0.5) is 0 Å². The smallest absolute Gasteiger partial charge is 0.0453 e. The van der Waals surface area contributed by atoms with Gasteiger partial charge in [-0.15, -0.1) is 0 Å². The van der Waals surface area contributed by atoms with Crippen LogP contribution in [0.5, 0.6) is 0 Å². The minimum Gasteiger partial charge on any atom is -0.350 e. The van der Waals surface area contributed by atoms with Crippen LogP contribution in [0.15, 0.2) is 36.5 Å². The van der Waals surface area contributed by atoms with Crippen LogP contribution >= 0.6 is 23.2 Å². The summed E-state index contributed by atoms with van der Waals surface area (Å²) in [7, 11) is 0. The maximum absolute atomic E-state index is 6.16. The van der Waals surface area contributed by atoms with Gasteiger partial charge in [0.15, 0.2) is 0 Å². The first-order valence-corrected chi connectivity index (χ1v) is 7.75. The fraction of sp³-hybridized carbons (Fsp3) is 0.375. The van der Waals surface area contributed by atoms with Gasteiger partial charge < -0.3 is 9.88 Å². The van der Waals surface area contributed by atoms with Gasteiger partial charge in [0.05, 0.1) is 0 Å². The van der Waals surface area contributed by atoms with Crippen LogP contribution in [-0.2, 0) is 19.5 Å². The number of rotatable bonds is 7. The minimum absolute atomic E-state index is 0.684. The average molecular weight is 311 g/mol. The average Bonchev–Trinajstić information content (AvgIpc) is 2.85. The molecule has 0 saturated heterocycles. The molecule has 20 heavy (non-hydrogen) atoms. The van der Waals surface area contributed by atoms with Gasteiger partial charge in [0.1, 0.15) is 0 Å². The molecule has 0 amide bonds. The van der Waals surface area contributed by atoms with E-state index in [9.17, 15) is 0 Å². The zero-order valence-corrected chi connectivity index (χ0v) is 13.2. The molecular weight excluding hydrogens is 291 g/mol. The lowest BCUT2D eigenvalue weighted by molar-refractivity contribution is 0.602. The Hall–Kier alpha value is -0.960. The van der Waals surface area contributed by atoms with Crippen LogP contribution in [0.25, 0.3) is 0 Å². The fourth-order valence-corrected chi connectivity index (χ4v) is 2.74. The second kappa shape index (κ2) is 7.72. The molecule has 2 nitrogen and oxygen atoms in total. The summed E-state index contributed by atoms with van der Waals surface area (Å²) in [6, 6.07) is 9.94. The molecule has 1 N–H and O–H groups in total. The van der Waals surface area contributed by atoms with E-state index in [1.54, 1.807) is 6.07 Å². The van der Waals surface area contributed by atoms with Crippen molar-refractivity contribution < 1.29 is 0 Å². The quantitative estimate of drug-likeness (QED) is 0.743. The third kappa shape index (κ3) is 4.27. The largest absolute Gasteiger partial charge is 0.350 e. The van der Waals surface area contributed by atoms with Gasteiger partial charge in [0.2, 0.25) is 0 Å². The number of hydrogen-bond donors (Lipinski definition) is 1. The van der Waals surface area contributed by atoms with Crippen molar-refractivity contribution >= 4 is 23.2 Å². The summed E-state index contributed by atoms with van der Waals surface area (Å²) < 4.78 is 2.29. The van der Waals surface area contributed by atoms with E-state index in [-0.39, 0.29) is 0 Å². The van der Waals surface area contributed by atoms with Crippen LogP contribution in [0, 0.1) is 0 Å². The van der Waals surface area contributed by atoms with Crippen LogP contribution in [0.2, 0.25) is 10.0 Å². The Morgan fingerprint density at radius 1 is 1.20 bits per heavy atom. The molecule has 0 fully saturated rings. The molecular formula is C16H20Cl2N2. The van der Waals surface area contributed by atoms with Crippen molar-refractivity contribution in [3.8, 4) is 0 Å². The Balaban J connectivity index is 1.80. The highest BCUT2D eigenvalue weighted by atomic mass is 35.5. The second-order valence-corrected chi connectivity index (χ2v) is 5.70. The molecule has 108 valence electrons. The monoisotopic (exact) mass is 310 g/mol. The molecule has 0 unspecified atom stereocenters. The summed E-state index contributed by atoms with van der Waals surface area (Å²) in [6.45, 7) is 5.06. The predicted molar refractivity (Wildman–Crippen MR) is 86.6 cm³/mol. The van der Waals surface area contributed by atoms with Crippen LogP contribution in [0.1, 0.15) is 24.6 Å². The zero-order valence-electron chi connectivity index (χ0n) is 11.7. The maximum Gasteiger partial charge on any atom is 0.0453 e. The first-order valence-electron chi connectivity index (χ1n) is 6.99. The highest BCUT2D eigenvalue weighted by Gasteiger charge is 2.02. The molecule has 1 heterocycles. The number of nitrogens with zero attached hydrogens (tertiary/aromatic N) is 1. The van der Waals surface area contributed by atoms with E-state index in [4.69, 9.17) is 23.2 Å². The molecule has 2 aromatic rings. The number of aryl methyl sites for hydroxylation is 1. The van der Waals surface area contributed by atoms with Gasteiger partial charge in [-0.2, -0.15) is 0 Å². The van der Waals surface area contributed by atoms with Gasteiger partial charge >= 0.3 is 0 Å². The van der Waals surface area contributed by atoms with E-state index in [0.29, 0.717) is 5.02 Å². The highest BCUT2D eigenvalue weighted by Crippen LogP contribution is 2.21. The van der Waals surface area contributed by atoms with E-state index in [1.807, 2.05) is 12.1 Å². The van der Waals surface area contributed by atoms with Crippen LogP contribution < -0.4 is 5.32 Å².